The Bertz CT molecular complexity index is 552. The van der Waals surface area contributed by atoms with E-state index < -0.39 is 5.97 Å². The Labute approximate surface area is 122 Å². The summed E-state index contributed by atoms with van der Waals surface area (Å²) in [5.74, 6) is -1.49. The van der Waals surface area contributed by atoms with Crippen molar-refractivity contribution in [1.82, 2.24) is 14.8 Å². The van der Waals surface area contributed by atoms with Crippen LogP contribution in [0.25, 0.3) is 0 Å². The van der Waals surface area contributed by atoms with Crippen molar-refractivity contribution in [3.63, 3.8) is 0 Å². The highest BCUT2D eigenvalue weighted by molar-refractivity contribution is 5.93. The Morgan fingerprint density at radius 1 is 1.43 bits per heavy atom. The molecule has 114 valence electrons. The van der Waals surface area contributed by atoms with Gasteiger partial charge in [0.15, 0.2) is 0 Å². The Hall–Kier alpha value is -2.31. The molecular formula is C14H19N3O4. The predicted molar refractivity (Wildman–Crippen MR) is 74.8 cm³/mol. The molecule has 2 amide bonds. The fourth-order valence-corrected chi connectivity index (χ4v) is 2.63. The fraction of sp³-hybridized carbons (Fsp3) is 0.500. The maximum absolute atomic E-state index is 12.5. The molecule has 1 aromatic heterocycles. The minimum absolute atomic E-state index is 0.0616. The molecule has 0 bridgehead atoms. The lowest BCUT2D eigenvalue weighted by Crippen LogP contribution is -2.45. The first-order chi connectivity index (χ1) is 10.0. The maximum Gasteiger partial charge on any atom is 0.323 e. The van der Waals surface area contributed by atoms with Crippen molar-refractivity contribution in [3.05, 3.63) is 24.0 Å². The lowest BCUT2D eigenvalue weighted by atomic mass is 9.97. The number of aliphatic carboxylic acids is 1. The molecule has 2 heterocycles. The predicted octanol–water partition coefficient (Wildman–Crippen LogP) is 0.171. The number of carbonyl (C=O) groups is 3. The third kappa shape index (κ3) is 3.42. The summed E-state index contributed by atoms with van der Waals surface area (Å²) in [6.07, 6.45) is 3.10. The summed E-state index contributed by atoms with van der Waals surface area (Å²) < 4.78 is 1.41. The van der Waals surface area contributed by atoms with Gasteiger partial charge < -0.3 is 19.9 Å². The molecule has 1 aliphatic rings. The van der Waals surface area contributed by atoms with Crippen molar-refractivity contribution in [1.29, 1.82) is 0 Å². The van der Waals surface area contributed by atoms with Crippen molar-refractivity contribution in [2.45, 2.75) is 19.4 Å². The second kappa shape index (κ2) is 6.43. The van der Waals surface area contributed by atoms with Crippen LogP contribution < -0.4 is 5.32 Å². The topological polar surface area (TPSA) is 91.6 Å². The molecule has 7 heteroatoms. The van der Waals surface area contributed by atoms with Crippen molar-refractivity contribution < 1.29 is 19.5 Å². The van der Waals surface area contributed by atoms with E-state index in [1.165, 1.54) is 4.57 Å². The first-order valence-electron chi connectivity index (χ1n) is 6.90. The van der Waals surface area contributed by atoms with Crippen LogP contribution in [0.1, 0.15) is 23.3 Å². The van der Waals surface area contributed by atoms with Crippen LogP contribution in [0.4, 0.5) is 0 Å². The highest BCUT2D eigenvalue weighted by atomic mass is 16.4. The van der Waals surface area contributed by atoms with E-state index in [9.17, 15) is 14.4 Å². The Morgan fingerprint density at radius 3 is 2.86 bits per heavy atom. The monoisotopic (exact) mass is 293 g/mol. The van der Waals surface area contributed by atoms with Crippen LogP contribution in [0.5, 0.6) is 0 Å². The average molecular weight is 293 g/mol. The Balaban J connectivity index is 2.11. The highest BCUT2D eigenvalue weighted by Crippen LogP contribution is 2.19. The van der Waals surface area contributed by atoms with Crippen LogP contribution in [0, 0.1) is 5.92 Å². The van der Waals surface area contributed by atoms with E-state index in [2.05, 4.69) is 5.32 Å². The number of carboxylic acids is 1. The molecule has 21 heavy (non-hydrogen) atoms. The van der Waals surface area contributed by atoms with Crippen molar-refractivity contribution in [2.75, 3.05) is 20.1 Å². The van der Waals surface area contributed by atoms with E-state index in [0.717, 1.165) is 12.8 Å². The second-order valence-corrected chi connectivity index (χ2v) is 5.12. The number of amides is 2. The minimum atomic E-state index is -0.998. The van der Waals surface area contributed by atoms with Crippen LogP contribution in [-0.4, -0.2) is 52.5 Å². The van der Waals surface area contributed by atoms with E-state index in [4.69, 9.17) is 5.11 Å². The second-order valence-electron chi connectivity index (χ2n) is 5.12. The summed E-state index contributed by atoms with van der Waals surface area (Å²) in [5.41, 5.74) is 0.343. The number of nitrogens with one attached hydrogen (secondary N) is 1. The summed E-state index contributed by atoms with van der Waals surface area (Å²) in [6.45, 7) is 0.710. The summed E-state index contributed by atoms with van der Waals surface area (Å²) in [7, 11) is 1.58. The molecule has 1 saturated heterocycles. The average Bonchev–Trinajstić information content (AvgIpc) is 2.93. The molecular weight excluding hydrogens is 274 g/mol. The maximum atomic E-state index is 12.5. The molecule has 1 aliphatic heterocycles. The lowest BCUT2D eigenvalue weighted by molar-refractivity contribution is -0.137. The Kier molecular flexibility index (Phi) is 4.62. The molecule has 0 spiro atoms. The van der Waals surface area contributed by atoms with E-state index in [1.807, 2.05) is 0 Å². The van der Waals surface area contributed by atoms with Gasteiger partial charge in [0.25, 0.3) is 5.91 Å². The number of carboxylic acid groups (broad SMARTS) is 1. The normalized spacial score (nSPS) is 18.3. The van der Waals surface area contributed by atoms with Crippen LogP contribution in [0.3, 0.4) is 0 Å². The highest BCUT2D eigenvalue weighted by Gasteiger charge is 2.29. The lowest BCUT2D eigenvalue weighted by Gasteiger charge is -2.32. The van der Waals surface area contributed by atoms with Crippen LogP contribution >= 0.6 is 0 Å². The molecule has 1 atom stereocenters. The summed E-state index contributed by atoms with van der Waals surface area (Å²) in [6, 6.07) is 3.26. The van der Waals surface area contributed by atoms with Crippen LogP contribution in [0.15, 0.2) is 18.3 Å². The third-order valence-corrected chi connectivity index (χ3v) is 3.68. The van der Waals surface area contributed by atoms with Crippen molar-refractivity contribution in [3.8, 4) is 0 Å². The third-order valence-electron chi connectivity index (χ3n) is 3.68. The smallest absolute Gasteiger partial charge is 0.323 e. The van der Waals surface area contributed by atoms with E-state index >= 15 is 0 Å². The minimum Gasteiger partial charge on any atom is -0.480 e. The molecule has 1 aromatic rings. The molecule has 2 rings (SSSR count). The first kappa shape index (κ1) is 15.1. The Morgan fingerprint density at radius 2 is 2.19 bits per heavy atom. The van der Waals surface area contributed by atoms with Crippen molar-refractivity contribution >= 4 is 17.8 Å². The van der Waals surface area contributed by atoms with Gasteiger partial charge in [-0.3, -0.25) is 14.4 Å². The zero-order valence-corrected chi connectivity index (χ0v) is 11.9. The number of hydrogen-bond donors (Lipinski definition) is 2. The first-order valence-corrected chi connectivity index (χ1v) is 6.90. The molecule has 0 radical (unpaired) electrons. The van der Waals surface area contributed by atoms with Gasteiger partial charge in [0.1, 0.15) is 12.2 Å². The molecule has 0 aliphatic carbocycles. The molecule has 2 N–H and O–H groups in total. The van der Waals surface area contributed by atoms with Crippen LogP contribution in [-0.2, 0) is 16.1 Å². The molecule has 0 aromatic carbocycles. The molecule has 1 unspecified atom stereocenters. The van der Waals surface area contributed by atoms with Gasteiger partial charge in [-0.1, -0.05) is 0 Å². The number of carbonyl (C=O) groups excluding carboxylic acids is 2. The van der Waals surface area contributed by atoms with E-state index in [1.54, 1.807) is 30.3 Å². The van der Waals surface area contributed by atoms with Gasteiger partial charge in [0, 0.05) is 26.3 Å². The summed E-state index contributed by atoms with van der Waals surface area (Å²) in [4.78, 5) is 36.6. The molecule has 1 fully saturated rings. The molecule has 7 nitrogen and oxygen atoms in total. The van der Waals surface area contributed by atoms with Crippen molar-refractivity contribution in [2.24, 2.45) is 5.92 Å². The summed E-state index contributed by atoms with van der Waals surface area (Å²) in [5, 5.41) is 11.5. The largest absolute Gasteiger partial charge is 0.480 e. The van der Waals surface area contributed by atoms with Gasteiger partial charge in [0.2, 0.25) is 5.91 Å². The fourth-order valence-electron chi connectivity index (χ4n) is 2.63. The van der Waals surface area contributed by atoms with Gasteiger partial charge >= 0.3 is 5.97 Å². The van der Waals surface area contributed by atoms with Gasteiger partial charge in [0.05, 0.1) is 5.92 Å². The number of hydrogen-bond acceptors (Lipinski definition) is 3. The SMILES string of the molecule is CNC(=O)C1CCCN(C(=O)c2cccn2CC(=O)O)C1. The quantitative estimate of drug-likeness (QED) is 0.828. The number of piperidine rings is 1. The zero-order valence-electron chi connectivity index (χ0n) is 11.9. The summed E-state index contributed by atoms with van der Waals surface area (Å²) >= 11 is 0. The van der Waals surface area contributed by atoms with Gasteiger partial charge in [-0.2, -0.15) is 0 Å². The number of aromatic nitrogens is 1. The number of rotatable bonds is 4. The van der Waals surface area contributed by atoms with Gasteiger partial charge in [-0.15, -0.1) is 0 Å². The molecule has 0 saturated carbocycles. The van der Waals surface area contributed by atoms with Crippen LogP contribution in [0.2, 0.25) is 0 Å². The zero-order chi connectivity index (χ0) is 15.4. The van der Waals surface area contributed by atoms with E-state index in [-0.39, 0.29) is 24.3 Å². The van der Waals surface area contributed by atoms with Gasteiger partial charge in [-0.25, -0.2) is 0 Å². The standard InChI is InChI=1S/C14H19N3O4/c1-15-13(20)10-4-2-7-17(8-10)14(21)11-5-3-6-16(11)9-12(18)19/h3,5-6,10H,2,4,7-9H2,1H3,(H,15,20)(H,18,19). The van der Waals surface area contributed by atoms with Gasteiger partial charge in [-0.05, 0) is 25.0 Å². The number of nitrogens with zero attached hydrogens (tertiary/aromatic N) is 2. The van der Waals surface area contributed by atoms with E-state index in [0.29, 0.717) is 18.8 Å². The number of likely N-dealkylation sites (tertiary alicyclic amines) is 1.